The fraction of sp³-hybridized carbons (Fsp3) is 0.697. The average molecular weight is 594 g/mol. The van der Waals surface area contributed by atoms with Crippen LogP contribution < -0.4 is 10.2 Å². The molecule has 1 aromatic carbocycles. The van der Waals surface area contributed by atoms with Gasteiger partial charge in [-0.1, -0.05) is 25.0 Å². The molecule has 5 aliphatic rings. The summed E-state index contributed by atoms with van der Waals surface area (Å²) in [5.41, 5.74) is 2.15. The highest BCUT2D eigenvalue weighted by molar-refractivity contribution is 6.14. The van der Waals surface area contributed by atoms with Crippen LogP contribution in [-0.4, -0.2) is 96.0 Å². The number of piperidine rings is 2. The Bertz CT molecular complexity index is 1250. The van der Waals surface area contributed by atoms with Gasteiger partial charge in [0.25, 0.3) is 0 Å². The number of amides is 4. The molecule has 43 heavy (non-hydrogen) atoms. The summed E-state index contributed by atoms with van der Waals surface area (Å²) in [6, 6.07) is 5.77. The first-order chi connectivity index (χ1) is 20.5. The van der Waals surface area contributed by atoms with Crippen LogP contribution in [0, 0.1) is 5.92 Å². The van der Waals surface area contributed by atoms with Crippen molar-refractivity contribution < 1.29 is 23.9 Å². The van der Waals surface area contributed by atoms with Gasteiger partial charge in [0.1, 0.15) is 11.6 Å². The van der Waals surface area contributed by atoms with E-state index in [1.807, 2.05) is 31.7 Å². The molecule has 10 heteroatoms. The largest absolute Gasteiger partial charge is 0.444 e. The number of hydrogen-bond donors (Lipinski definition) is 1. The van der Waals surface area contributed by atoms with Gasteiger partial charge in [-0.05, 0) is 76.0 Å². The van der Waals surface area contributed by atoms with E-state index in [0.29, 0.717) is 12.3 Å². The molecule has 3 saturated heterocycles. The van der Waals surface area contributed by atoms with Crippen LogP contribution in [0.2, 0.25) is 0 Å². The fourth-order valence-electron chi connectivity index (χ4n) is 7.81. The van der Waals surface area contributed by atoms with Gasteiger partial charge in [0.05, 0.1) is 5.41 Å². The highest BCUT2D eigenvalue weighted by atomic mass is 16.6. The first-order valence-electron chi connectivity index (χ1n) is 16.3. The van der Waals surface area contributed by atoms with Crippen LogP contribution in [0.3, 0.4) is 0 Å². The standard InChI is InChI=1S/C33H47N5O5/c1-32(2,3)43-31(42)37-14-10-23(11-15-37)21-35-16-18-36(19-17-35)22-24-6-7-26-25(20-24)33(12-4-5-13-33)30(41)38(26)27-8-9-28(39)34-29(27)40/h6-7,20,23,27H,4-5,8-19,21-22H2,1-3H3,(H,34,39,40). The zero-order valence-electron chi connectivity index (χ0n) is 26.0. The van der Waals surface area contributed by atoms with Gasteiger partial charge in [0.2, 0.25) is 17.7 Å². The van der Waals surface area contributed by atoms with Gasteiger partial charge < -0.3 is 14.5 Å². The second-order valence-electron chi connectivity index (χ2n) is 14.3. The molecule has 1 aromatic rings. The number of carbonyl (C=O) groups excluding carboxylic acids is 4. The Morgan fingerprint density at radius 1 is 0.953 bits per heavy atom. The van der Waals surface area contributed by atoms with Crippen LogP contribution in [0.5, 0.6) is 0 Å². The smallest absolute Gasteiger partial charge is 0.410 e. The second kappa shape index (κ2) is 11.8. The van der Waals surface area contributed by atoms with E-state index in [9.17, 15) is 19.2 Å². The lowest BCUT2D eigenvalue weighted by atomic mass is 9.79. The Hall–Kier alpha value is -2.98. The second-order valence-corrected chi connectivity index (χ2v) is 14.3. The molecule has 1 aliphatic carbocycles. The number of nitrogens with zero attached hydrogens (tertiary/aromatic N) is 4. The van der Waals surface area contributed by atoms with Crippen molar-refractivity contribution in [2.75, 3.05) is 50.7 Å². The first-order valence-corrected chi connectivity index (χ1v) is 16.3. The summed E-state index contributed by atoms with van der Waals surface area (Å²) in [4.78, 5) is 59.5. The third kappa shape index (κ3) is 6.18. The number of carbonyl (C=O) groups is 4. The molecule has 0 radical (unpaired) electrons. The Labute approximate surface area is 255 Å². The van der Waals surface area contributed by atoms with E-state index in [2.05, 4.69) is 27.2 Å². The molecule has 4 fully saturated rings. The van der Waals surface area contributed by atoms with Crippen molar-refractivity contribution in [2.24, 2.45) is 5.92 Å². The zero-order valence-corrected chi connectivity index (χ0v) is 26.0. The molecule has 1 atom stereocenters. The third-order valence-corrected chi connectivity index (χ3v) is 10.1. The van der Waals surface area contributed by atoms with Crippen molar-refractivity contribution in [3.05, 3.63) is 29.3 Å². The fourth-order valence-corrected chi connectivity index (χ4v) is 7.81. The maximum atomic E-state index is 13.9. The lowest BCUT2D eigenvalue weighted by molar-refractivity contribution is -0.136. The number of ether oxygens (including phenoxy) is 1. The number of hydrogen-bond acceptors (Lipinski definition) is 7. The minimum Gasteiger partial charge on any atom is -0.444 e. The lowest BCUT2D eigenvalue weighted by Crippen LogP contribution is -2.55. The molecule has 1 spiro atoms. The summed E-state index contributed by atoms with van der Waals surface area (Å²) in [6.45, 7) is 13.2. The Morgan fingerprint density at radius 2 is 1.63 bits per heavy atom. The molecule has 1 saturated carbocycles. The van der Waals surface area contributed by atoms with Gasteiger partial charge in [-0.15, -0.1) is 0 Å². The van der Waals surface area contributed by atoms with Crippen LogP contribution in [0.4, 0.5) is 10.5 Å². The molecule has 1 unspecified atom stereocenters. The number of fused-ring (bicyclic) bond motifs is 2. The quantitative estimate of drug-likeness (QED) is 0.522. The van der Waals surface area contributed by atoms with Crippen LogP contribution in [0.25, 0.3) is 0 Å². The van der Waals surface area contributed by atoms with E-state index in [1.54, 1.807) is 4.90 Å². The number of anilines is 1. The maximum absolute atomic E-state index is 13.9. The van der Waals surface area contributed by atoms with Crippen molar-refractivity contribution in [3.8, 4) is 0 Å². The number of rotatable bonds is 5. The Kier molecular flexibility index (Phi) is 8.28. The molecule has 10 nitrogen and oxygen atoms in total. The average Bonchev–Trinajstić information content (AvgIpc) is 3.54. The van der Waals surface area contributed by atoms with E-state index < -0.39 is 17.1 Å². The van der Waals surface area contributed by atoms with Gasteiger partial charge in [-0.2, -0.15) is 0 Å². The van der Waals surface area contributed by atoms with Gasteiger partial charge >= 0.3 is 6.09 Å². The molecule has 1 N–H and O–H groups in total. The third-order valence-electron chi connectivity index (χ3n) is 10.1. The summed E-state index contributed by atoms with van der Waals surface area (Å²) in [5, 5.41) is 2.44. The van der Waals surface area contributed by atoms with E-state index in [1.165, 1.54) is 5.56 Å². The van der Waals surface area contributed by atoms with E-state index in [-0.39, 0.29) is 30.2 Å². The van der Waals surface area contributed by atoms with Crippen molar-refractivity contribution in [1.29, 1.82) is 0 Å². The number of imide groups is 1. The normalized spacial score (nSPS) is 25.4. The van der Waals surface area contributed by atoms with Crippen molar-refractivity contribution in [2.45, 2.75) is 95.7 Å². The maximum Gasteiger partial charge on any atom is 0.410 e. The van der Waals surface area contributed by atoms with E-state index >= 15 is 0 Å². The zero-order chi connectivity index (χ0) is 30.4. The summed E-state index contributed by atoms with van der Waals surface area (Å²) in [5.74, 6) is 0.0236. The number of piperazine rings is 1. The molecule has 234 valence electrons. The molecule has 6 rings (SSSR count). The highest BCUT2D eigenvalue weighted by Crippen LogP contribution is 2.52. The summed E-state index contributed by atoms with van der Waals surface area (Å²) >= 11 is 0. The van der Waals surface area contributed by atoms with Crippen LogP contribution >= 0.6 is 0 Å². The van der Waals surface area contributed by atoms with Crippen LogP contribution in [-0.2, 0) is 31.1 Å². The molecule has 4 aliphatic heterocycles. The predicted molar refractivity (Wildman–Crippen MR) is 162 cm³/mol. The van der Waals surface area contributed by atoms with Gasteiger partial charge in [-0.25, -0.2) is 4.79 Å². The first kappa shape index (κ1) is 30.1. The molecule has 4 heterocycles. The highest BCUT2D eigenvalue weighted by Gasteiger charge is 2.55. The minimum absolute atomic E-state index is 0.0391. The topological polar surface area (TPSA) is 102 Å². The Morgan fingerprint density at radius 3 is 2.28 bits per heavy atom. The van der Waals surface area contributed by atoms with E-state index in [4.69, 9.17) is 4.74 Å². The minimum atomic E-state index is -0.618. The van der Waals surface area contributed by atoms with Crippen molar-refractivity contribution in [1.82, 2.24) is 20.0 Å². The molecular weight excluding hydrogens is 546 g/mol. The van der Waals surface area contributed by atoms with Crippen LogP contribution in [0.1, 0.15) is 83.3 Å². The monoisotopic (exact) mass is 593 g/mol. The summed E-state index contributed by atoms with van der Waals surface area (Å²) < 4.78 is 5.55. The number of nitrogens with one attached hydrogen (secondary N) is 1. The van der Waals surface area contributed by atoms with E-state index in [0.717, 1.165) is 102 Å². The van der Waals surface area contributed by atoms with Crippen molar-refractivity contribution >= 4 is 29.5 Å². The molecular formula is C33H47N5O5. The van der Waals surface area contributed by atoms with Gasteiger partial charge in [0.15, 0.2) is 0 Å². The molecule has 4 amide bonds. The molecule has 0 aromatic heterocycles. The van der Waals surface area contributed by atoms with Gasteiger partial charge in [0, 0.05) is 64.5 Å². The lowest BCUT2D eigenvalue weighted by Gasteiger charge is -2.39. The number of benzene rings is 1. The summed E-state index contributed by atoms with van der Waals surface area (Å²) in [6.07, 6.45) is 6.15. The predicted octanol–water partition coefficient (Wildman–Crippen LogP) is 3.41. The Balaban J connectivity index is 1.04. The number of likely N-dealkylation sites (tertiary alicyclic amines) is 1. The van der Waals surface area contributed by atoms with Gasteiger partial charge in [-0.3, -0.25) is 29.5 Å². The molecule has 0 bridgehead atoms. The SMILES string of the molecule is CC(C)(C)OC(=O)N1CCC(CN2CCN(Cc3ccc4c(c3)C3(CCCC3)C(=O)N4C3CCC(=O)NC3=O)CC2)CC1. The van der Waals surface area contributed by atoms with Crippen molar-refractivity contribution in [3.63, 3.8) is 0 Å². The van der Waals surface area contributed by atoms with Crippen LogP contribution in [0.15, 0.2) is 18.2 Å². The summed E-state index contributed by atoms with van der Waals surface area (Å²) in [7, 11) is 0.